The Morgan fingerprint density at radius 1 is 1.23 bits per heavy atom. The lowest BCUT2D eigenvalue weighted by Crippen LogP contribution is -2.50. The zero-order valence-electron chi connectivity index (χ0n) is 15.5. The van der Waals surface area contributed by atoms with E-state index in [2.05, 4.69) is 20.2 Å². The Kier molecular flexibility index (Phi) is 5.83. The monoisotopic (exact) mass is 353 g/mol. The van der Waals surface area contributed by atoms with Crippen molar-refractivity contribution in [2.45, 2.75) is 45.2 Å². The first-order chi connectivity index (χ1) is 12.5. The molecular formula is C20H27N5O. The number of piperidine rings is 1. The van der Waals surface area contributed by atoms with Crippen LogP contribution in [0.4, 0.5) is 5.82 Å². The summed E-state index contributed by atoms with van der Waals surface area (Å²) in [6.07, 6.45) is 2.35. The second kappa shape index (κ2) is 8.27. The maximum absolute atomic E-state index is 12.4. The number of hydrogen-bond donors (Lipinski definition) is 2. The number of aryl methyl sites for hydroxylation is 2. The fraction of sp³-hybridized carbons (Fsp3) is 0.450. The molecule has 1 aromatic carbocycles. The molecule has 1 fully saturated rings. The molecular weight excluding hydrogens is 326 g/mol. The molecule has 1 aromatic heterocycles. The number of nitrogens with zero attached hydrogens (tertiary/aromatic N) is 3. The topological polar surface area (TPSA) is 84.1 Å². The average molecular weight is 353 g/mol. The van der Waals surface area contributed by atoms with Crippen molar-refractivity contribution in [2.75, 3.05) is 18.0 Å². The molecule has 1 saturated heterocycles. The number of benzene rings is 1. The van der Waals surface area contributed by atoms with E-state index in [0.29, 0.717) is 6.42 Å². The molecule has 1 amide bonds. The van der Waals surface area contributed by atoms with Crippen LogP contribution >= 0.6 is 0 Å². The van der Waals surface area contributed by atoms with Gasteiger partial charge in [-0.3, -0.25) is 4.79 Å². The van der Waals surface area contributed by atoms with Gasteiger partial charge in [0.25, 0.3) is 0 Å². The molecule has 0 aliphatic carbocycles. The maximum atomic E-state index is 12.4. The predicted octanol–water partition coefficient (Wildman–Crippen LogP) is 1.75. The van der Waals surface area contributed by atoms with Crippen molar-refractivity contribution in [1.82, 2.24) is 15.3 Å². The molecule has 3 rings (SSSR count). The normalized spacial score (nSPS) is 16.3. The number of amides is 1. The molecule has 1 aliphatic heterocycles. The van der Waals surface area contributed by atoms with E-state index >= 15 is 0 Å². The molecule has 6 heteroatoms. The fourth-order valence-corrected chi connectivity index (χ4v) is 3.38. The summed E-state index contributed by atoms with van der Waals surface area (Å²) in [5, 5.41) is 3.11. The van der Waals surface area contributed by atoms with Gasteiger partial charge in [0, 0.05) is 30.9 Å². The summed E-state index contributed by atoms with van der Waals surface area (Å²) in [7, 11) is 0. The SMILES string of the molecule is Cc1cc(N2CCC(NC(=O)C(N)Cc3ccccc3)CC2)nc(C)n1. The van der Waals surface area contributed by atoms with E-state index in [1.165, 1.54) is 0 Å². The summed E-state index contributed by atoms with van der Waals surface area (Å²) in [6, 6.07) is 11.6. The molecule has 0 radical (unpaired) electrons. The van der Waals surface area contributed by atoms with E-state index in [1.807, 2.05) is 50.2 Å². The molecule has 0 bridgehead atoms. The van der Waals surface area contributed by atoms with Crippen LogP contribution in [0.1, 0.15) is 29.9 Å². The number of anilines is 1. The van der Waals surface area contributed by atoms with Gasteiger partial charge in [-0.05, 0) is 38.7 Å². The highest BCUT2D eigenvalue weighted by molar-refractivity contribution is 5.82. The van der Waals surface area contributed by atoms with Crippen molar-refractivity contribution >= 4 is 11.7 Å². The molecule has 0 saturated carbocycles. The van der Waals surface area contributed by atoms with Crippen LogP contribution in [-0.2, 0) is 11.2 Å². The fourth-order valence-electron chi connectivity index (χ4n) is 3.38. The van der Waals surface area contributed by atoms with Gasteiger partial charge in [-0.1, -0.05) is 30.3 Å². The van der Waals surface area contributed by atoms with Crippen molar-refractivity contribution < 1.29 is 4.79 Å². The van der Waals surface area contributed by atoms with E-state index in [-0.39, 0.29) is 11.9 Å². The second-order valence-corrected chi connectivity index (χ2v) is 6.98. The van der Waals surface area contributed by atoms with Crippen molar-refractivity contribution in [3.8, 4) is 0 Å². The van der Waals surface area contributed by atoms with Crippen LogP contribution in [0.2, 0.25) is 0 Å². The molecule has 138 valence electrons. The largest absolute Gasteiger partial charge is 0.356 e. The van der Waals surface area contributed by atoms with Crippen molar-refractivity contribution in [3.63, 3.8) is 0 Å². The number of nitrogens with two attached hydrogens (primary N) is 1. The van der Waals surface area contributed by atoms with Crippen molar-refractivity contribution in [2.24, 2.45) is 5.73 Å². The number of rotatable bonds is 5. The van der Waals surface area contributed by atoms with Crippen LogP contribution in [-0.4, -0.2) is 41.0 Å². The van der Waals surface area contributed by atoms with Crippen molar-refractivity contribution in [3.05, 3.63) is 53.5 Å². The predicted molar refractivity (Wildman–Crippen MR) is 103 cm³/mol. The first kappa shape index (κ1) is 18.3. The number of aromatic nitrogens is 2. The Morgan fingerprint density at radius 3 is 2.58 bits per heavy atom. The maximum Gasteiger partial charge on any atom is 0.237 e. The zero-order valence-corrected chi connectivity index (χ0v) is 15.5. The van der Waals surface area contributed by atoms with Crippen LogP contribution in [0, 0.1) is 13.8 Å². The lowest BCUT2D eigenvalue weighted by molar-refractivity contribution is -0.123. The third-order valence-corrected chi connectivity index (χ3v) is 4.75. The standard InChI is InChI=1S/C20H27N5O/c1-14-12-19(23-15(2)22-14)25-10-8-17(9-11-25)24-20(26)18(21)13-16-6-4-3-5-7-16/h3-7,12,17-18H,8-11,13,21H2,1-2H3,(H,24,26). The Hall–Kier alpha value is -2.47. The van der Waals surface area contributed by atoms with Gasteiger partial charge in [0.15, 0.2) is 0 Å². The summed E-state index contributed by atoms with van der Waals surface area (Å²) >= 11 is 0. The number of carbonyl (C=O) groups is 1. The smallest absolute Gasteiger partial charge is 0.237 e. The number of nitrogens with one attached hydrogen (secondary N) is 1. The highest BCUT2D eigenvalue weighted by Gasteiger charge is 2.24. The first-order valence-electron chi connectivity index (χ1n) is 9.18. The quantitative estimate of drug-likeness (QED) is 0.855. The minimum atomic E-state index is -0.511. The molecule has 2 aromatic rings. The minimum absolute atomic E-state index is 0.0685. The Bertz CT molecular complexity index is 721. The number of carbonyl (C=O) groups excluding carboxylic acids is 1. The molecule has 0 spiro atoms. The molecule has 6 nitrogen and oxygen atoms in total. The molecule has 3 N–H and O–H groups in total. The summed E-state index contributed by atoms with van der Waals surface area (Å²) in [5.74, 6) is 1.70. The van der Waals surface area contributed by atoms with Gasteiger partial charge >= 0.3 is 0 Å². The molecule has 1 atom stereocenters. The van der Waals surface area contributed by atoms with Gasteiger partial charge < -0.3 is 16.0 Å². The van der Waals surface area contributed by atoms with Gasteiger partial charge in [0.1, 0.15) is 11.6 Å². The zero-order chi connectivity index (χ0) is 18.5. The average Bonchev–Trinajstić information content (AvgIpc) is 2.62. The van der Waals surface area contributed by atoms with Crippen LogP contribution < -0.4 is 16.0 Å². The van der Waals surface area contributed by atoms with Crippen molar-refractivity contribution in [1.29, 1.82) is 0 Å². The highest BCUT2D eigenvalue weighted by atomic mass is 16.2. The van der Waals surface area contributed by atoms with Crippen LogP contribution in [0.5, 0.6) is 0 Å². The molecule has 2 heterocycles. The Labute approximate surface area is 154 Å². The Morgan fingerprint density at radius 2 is 1.92 bits per heavy atom. The first-order valence-corrected chi connectivity index (χ1v) is 9.18. The highest BCUT2D eigenvalue weighted by Crippen LogP contribution is 2.19. The molecule has 1 aliphatic rings. The van der Waals surface area contributed by atoms with Gasteiger partial charge in [-0.25, -0.2) is 9.97 Å². The van der Waals surface area contributed by atoms with Gasteiger partial charge in [0.2, 0.25) is 5.91 Å². The van der Waals surface area contributed by atoms with Crippen LogP contribution in [0.25, 0.3) is 0 Å². The lowest BCUT2D eigenvalue weighted by atomic mass is 10.0. The van der Waals surface area contributed by atoms with E-state index in [9.17, 15) is 4.79 Å². The second-order valence-electron chi connectivity index (χ2n) is 6.98. The van der Waals surface area contributed by atoms with E-state index in [1.54, 1.807) is 0 Å². The van der Waals surface area contributed by atoms with Crippen LogP contribution in [0.3, 0.4) is 0 Å². The summed E-state index contributed by atoms with van der Waals surface area (Å²) in [6.45, 7) is 5.64. The van der Waals surface area contributed by atoms with Gasteiger partial charge in [0.05, 0.1) is 6.04 Å². The van der Waals surface area contributed by atoms with E-state index in [0.717, 1.165) is 48.8 Å². The minimum Gasteiger partial charge on any atom is -0.356 e. The van der Waals surface area contributed by atoms with E-state index < -0.39 is 6.04 Å². The summed E-state index contributed by atoms with van der Waals surface area (Å²) in [5.41, 5.74) is 8.14. The lowest BCUT2D eigenvalue weighted by Gasteiger charge is -2.33. The molecule has 1 unspecified atom stereocenters. The molecule has 26 heavy (non-hydrogen) atoms. The van der Waals surface area contributed by atoms with E-state index in [4.69, 9.17) is 5.73 Å². The third-order valence-electron chi connectivity index (χ3n) is 4.75. The Balaban J connectivity index is 1.49. The van der Waals surface area contributed by atoms with Gasteiger partial charge in [-0.2, -0.15) is 0 Å². The summed E-state index contributed by atoms with van der Waals surface area (Å²) in [4.78, 5) is 23.5. The number of hydrogen-bond acceptors (Lipinski definition) is 5. The van der Waals surface area contributed by atoms with Crippen LogP contribution in [0.15, 0.2) is 36.4 Å². The summed E-state index contributed by atoms with van der Waals surface area (Å²) < 4.78 is 0. The van der Waals surface area contributed by atoms with Gasteiger partial charge in [-0.15, -0.1) is 0 Å². The third kappa shape index (κ3) is 4.79.